The summed E-state index contributed by atoms with van der Waals surface area (Å²) in [4.78, 5) is 6.76. The Morgan fingerprint density at radius 2 is 1.84 bits per heavy atom. The monoisotopic (exact) mass is 418 g/mol. The van der Waals surface area contributed by atoms with Gasteiger partial charge in [-0.15, -0.1) is 0 Å². The van der Waals surface area contributed by atoms with Crippen molar-refractivity contribution in [1.29, 1.82) is 5.26 Å². The van der Waals surface area contributed by atoms with E-state index in [2.05, 4.69) is 52.5 Å². The number of ether oxygens (including phenoxy) is 2. The quantitative estimate of drug-likeness (QED) is 0.620. The summed E-state index contributed by atoms with van der Waals surface area (Å²) in [5, 5.41) is 12.9. The molecule has 7 heteroatoms. The molecule has 1 aliphatic rings. The number of morpholine rings is 1. The fourth-order valence-corrected chi connectivity index (χ4v) is 3.70. The number of methoxy groups -OCH3 is 1. The van der Waals surface area contributed by atoms with Crippen LogP contribution in [0.3, 0.4) is 0 Å². The van der Waals surface area contributed by atoms with Crippen molar-refractivity contribution in [3.63, 3.8) is 0 Å². The van der Waals surface area contributed by atoms with Crippen molar-refractivity contribution in [2.75, 3.05) is 45.3 Å². The van der Waals surface area contributed by atoms with Gasteiger partial charge in [0.2, 0.25) is 17.5 Å². The molecule has 160 valence electrons. The summed E-state index contributed by atoms with van der Waals surface area (Å²) in [5.41, 5.74) is 3.47. The maximum absolute atomic E-state index is 9.56. The van der Waals surface area contributed by atoms with Crippen LogP contribution in [0.15, 0.2) is 52.9 Å². The molecule has 7 nitrogen and oxygen atoms in total. The smallest absolute Gasteiger partial charge is 0.232 e. The highest BCUT2D eigenvalue weighted by molar-refractivity contribution is 5.59. The molecule has 1 N–H and O–H groups in total. The SMILES string of the molecule is COc1ccc(-c2nc(C#N)c(NC[C@@H](c3ccc(C)cc3)N3CCOCC3)o2)cc1. The lowest BCUT2D eigenvalue weighted by molar-refractivity contribution is 0.0186. The van der Waals surface area contributed by atoms with Gasteiger partial charge in [0, 0.05) is 25.2 Å². The summed E-state index contributed by atoms with van der Waals surface area (Å²) in [5.74, 6) is 1.54. The van der Waals surface area contributed by atoms with Gasteiger partial charge in [0.25, 0.3) is 0 Å². The molecule has 1 aromatic heterocycles. The van der Waals surface area contributed by atoms with Crippen LogP contribution in [0.1, 0.15) is 22.9 Å². The third kappa shape index (κ3) is 4.88. The Balaban J connectivity index is 1.55. The molecule has 2 heterocycles. The highest BCUT2D eigenvalue weighted by Crippen LogP contribution is 2.29. The Bertz CT molecular complexity index is 1030. The molecule has 4 rings (SSSR count). The van der Waals surface area contributed by atoms with E-state index in [1.807, 2.05) is 24.3 Å². The number of aryl methyl sites for hydroxylation is 1. The molecule has 0 radical (unpaired) electrons. The molecule has 0 saturated carbocycles. The predicted molar refractivity (Wildman–Crippen MR) is 118 cm³/mol. The summed E-state index contributed by atoms with van der Waals surface area (Å²) in [6.45, 7) is 5.83. The summed E-state index contributed by atoms with van der Waals surface area (Å²) < 4.78 is 16.7. The molecule has 2 aromatic carbocycles. The zero-order chi connectivity index (χ0) is 21.6. The molecule has 0 unspecified atom stereocenters. The number of anilines is 1. The summed E-state index contributed by atoms with van der Waals surface area (Å²) in [6.07, 6.45) is 0. The molecule has 0 amide bonds. The fraction of sp³-hybridized carbons (Fsp3) is 0.333. The third-order valence-corrected chi connectivity index (χ3v) is 5.47. The first-order valence-electron chi connectivity index (χ1n) is 10.4. The van der Waals surface area contributed by atoms with Crippen LogP contribution in [0.5, 0.6) is 5.75 Å². The average Bonchev–Trinajstić information content (AvgIpc) is 3.24. The minimum atomic E-state index is 0.130. The summed E-state index contributed by atoms with van der Waals surface area (Å²) in [7, 11) is 1.62. The Kier molecular flexibility index (Phi) is 6.51. The highest BCUT2D eigenvalue weighted by atomic mass is 16.5. The van der Waals surface area contributed by atoms with E-state index in [1.54, 1.807) is 7.11 Å². The van der Waals surface area contributed by atoms with E-state index in [0.717, 1.165) is 37.6 Å². The van der Waals surface area contributed by atoms with Gasteiger partial charge >= 0.3 is 0 Å². The van der Waals surface area contributed by atoms with Gasteiger partial charge in [-0.1, -0.05) is 29.8 Å². The molecule has 0 aliphatic carbocycles. The van der Waals surface area contributed by atoms with Gasteiger partial charge in [-0.3, -0.25) is 4.90 Å². The number of aromatic nitrogens is 1. The Morgan fingerprint density at radius 3 is 2.48 bits per heavy atom. The Morgan fingerprint density at radius 1 is 1.13 bits per heavy atom. The van der Waals surface area contributed by atoms with E-state index < -0.39 is 0 Å². The summed E-state index contributed by atoms with van der Waals surface area (Å²) in [6, 6.07) is 18.2. The third-order valence-electron chi connectivity index (χ3n) is 5.47. The van der Waals surface area contributed by atoms with Gasteiger partial charge in [0.1, 0.15) is 11.8 Å². The van der Waals surface area contributed by atoms with E-state index in [4.69, 9.17) is 13.9 Å². The van der Waals surface area contributed by atoms with Crippen LogP contribution in [-0.2, 0) is 4.74 Å². The molecular formula is C24H26N4O3. The summed E-state index contributed by atoms with van der Waals surface area (Å²) >= 11 is 0. The molecule has 1 saturated heterocycles. The van der Waals surface area contributed by atoms with Crippen LogP contribution >= 0.6 is 0 Å². The van der Waals surface area contributed by atoms with Crippen molar-refractivity contribution in [3.8, 4) is 23.3 Å². The van der Waals surface area contributed by atoms with Crippen LogP contribution in [-0.4, -0.2) is 49.8 Å². The molecule has 3 aromatic rings. The highest BCUT2D eigenvalue weighted by Gasteiger charge is 2.24. The van der Waals surface area contributed by atoms with Gasteiger partial charge in [0.05, 0.1) is 26.4 Å². The minimum absolute atomic E-state index is 0.130. The maximum Gasteiger partial charge on any atom is 0.232 e. The standard InChI is InChI=1S/C24H26N4O3/c1-17-3-5-18(6-4-17)22(28-11-13-30-14-12-28)16-26-24-21(15-25)27-23(31-24)19-7-9-20(29-2)10-8-19/h3-10,22,26H,11-14,16H2,1-2H3/t22-/m0/s1. The maximum atomic E-state index is 9.56. The number of benzene rings is 2. The number of hydrogen-bond acceptors (Lipinski definition) is 7. The molecule has 0 spiro atoms. The van der Waals surface area contributed by atoms with Crippen molar-refractivity contribution < 1.29 is 13.9 Å². The second-order valence-corrected chi connectivity index (χ2v) is 7.49. The van der Waals surface area contributed by atoms with Crippen LogP contribution in [0, 0.1) is 18.3 Å². The molecule has 31 heavy (non-hydrogen) atoms. The van der Waals surface area contributed by atoms with Crippen molar-refractivity contribution in [2.45, 2.75) is 13.0 Å². The largest absolute Gasteiger partial charge is 0.497 e. The van der Waals surface area contributed by atoms with E-state index in [9.17, 15) is 5.26 Å². The van der Waals surface area contributed by atoms with Gasteiger partial charge in [-0.2, -0.15) is 10.2 Å². The second-order valence-electron chi connectivity index (χ2n) is 7.49. The lowest BCUT2D eigenvalue weighted by atomic mass is 10.0. The fourth-order valence-electron chi connectivity index (χ4n) is 3.70. The average molecular weight is 418 g/mol. The molecule has 1 aliphatic heterocycles. The van der Waals surface area contributed by atoms with Gasteiger partial charge in [0.15, 0.2) is 0 Å². The van der Waals surface area contributed by atoms with Crippen molar-refractivity contribution in [3.05, 3.63) is 65.4 Å². The molecular weight excluding hydrogens is 392 g/mol. The lowest BCUT2D eigenvalue weighted by Crippen LogP contribution is -2.41. The van der Waals surface area contributed by atoms with Gasteiger partial charge in [-0.25, -0.2) is 0 Å². The molecule has 1 atom stereocenters. The topological polar surface area (TPSA) is 83.5 Å². The predicted octanol–water partition coefficient (Wildman–Crippen LogP) is 4.02. The Hall–Kier alpha value is -3.34. The van der Waals surface area contributed by atoms with Crippen molar-refractivity contribution in [1.82, 2.24) is 9.88 Å². The van der Waals surface area contributed by atoms with Crippen LogP contribution in [0.4, 0.5) is 5.88 Å². The Labute approximate surface area is 182 Å². The second kappa shape index (κ2) is 9.65. The number of nitrogens with zero attached hydrogens (tertiary/aromatic N) is 3. The van der Waals surface area contributed by atoms with Crippen molar-refractivity contribution >= 4 is 5.88 Å². The van der Waals surface area contributed by atoms with E-state index in [0.29, 0.717) is 18.3 Å². The van der Waals surface area contributed by atoms with E-state index in [-0.39, 0.29) is 11.7 Å². The number of nitriles is 1. The molecule has 0 bridgehead atoms. The lowest BCUT2D eigenvalue weighted by Gasteiger charge is -2.35. The van der Waals surface area contributed by atoms with Crippen molar-refractivity contribution in [2.24, 2.45) is 0 Å². The first kappa shape index (κ1) is 20.9. The molecule has 1 fully saturated rings. The van der Waals surface area contributed by atoms with E-state index >= 15 is 0 Å². The normalized spacial score (nSPS) is 15.3. The first-order chi connectivity index (χ1) is 15.2. The van der Waals surface area contributed by atoms with Gasteiger partial charge < -0.3 is 19.2 Å². The number of nitrogens with one attached hydrogen (secondary N) is 1. The first-order valence-corrected chi connectivity index (χ1v) is 10.4. The number of rotatable bonds is 7. The van der Waals surface area contributed by atoms with Crippen LogP contribution < -0.4 is 10.1 Å². The zero-order valence-corrected chi connectivity index (χ0v) is 17.8. The van der Waals surface area contributed by atoms with Crippen LogP contribution in [0.25, 0.3) is 11.5 Å². The number of hydrogen-bond donors (Lipinski definition) is 1. The number of oxazole rings is 1. The van der Waals surface area contributed by atoms with E-state index in [1.165, 1.54) is 11.1 Å². The van der Waals surface area contributed by atoms with Crippen LogP contribution in [0.2, 0.25) is 0 Å². The van der Waals surface area contributed by atoms with Gasteiger partial charge in [-0.05, 0) is 36.8 Å². The minimum Gasteiger partial charge on any atom is -0.497 e. The zero-order valence-electron chi connectivity index (χ0n) is 17.8.